The molecule has 1 N–H and O–H groups in total. The molecule has 0 heterocycles. The fourth-order valence-electron chi connectivity index (χ4n) is 3.65. The molecule has 28 heavy (non-hydrogen) atoms. The van der Waals surface area contributed by atoms with Crippen molar-refractivity contribution in [3.63, 3.8) is 0 Å². The summed E-state index contributed by atoms with van der Waals surface area (Å²) < 4.78 is 6.05. The summed E-state index contributed by atoms with van der Waals surface area (Å²) >= 11 is 0. The Morgan fingerprint density at radius 2 is 1.68 bits per heavy atom. The van der Waals surface area contributed by atoms with E-state index in [1.54, 1.807) is 0 Å². The summed E-state index contributed by atoms with van der Waals surface area (Å²) in [7, 11) is 0. The Bertz CT molecular complexity index is 780. The molecule has 0 bridgehead atoms. The van der Waals surface area contributed by atoms with Gasteiger partial charge >= 0.3 is 0 Å². The van der Waals surface area contributed by atoms with E-state index in [2.05, 4.69) is 76.3 Å². The standard InChI is InChI=1S/C25H35NO2/c1-17(2)22-14-13-18(3)15-23(22)28-20(5)24(27)26-19(4)16-25(6,7)21-11-9-8-10-12-21/h8-15,17,19-20H,16H2,1-7H3,(H,26,27)/t19-,20-/m1/s1. The van der Waals surface area contributed by atoms with Crippen molar-refractivity contribution in [2.45, 2.75) is 78.4 Å². The molecule has 0 aliphatic rings. The Morgan fingerprint density at radius 1 is 1.04 bits per heavy atom. The average molecular weight is 382 g/mol. The van der Waals surface area contributed by atoms with Crippen LogP contribution in [0.5, 0.6) is 5.75 Å². The van der Waals surface area contributed by atoms with Gasteiger partial charge in [-0.2, -0.15) is 0 Å². The van der Waals surface area contributed by atoms with Crippen molar-refractivity contribution < 1.29 is 9.53 Å². The van der Waals surface area contributed by atoms with Gasteiger partial charge in [-0.25, -0.2) is 0 Å². The lowest BCUT2D eigenvalue weighted by Gasteiger charge is -2.30. The van der Waals surface area contributed by atoms with Crippen LogP contribution in [0.25, 0.3) is 0 Å². The van der Waals surface area contributed by atoms with Crippen molar-refractivity contribution >= 4 is 5.91 Å². The lowest BCUT2D eigenvalue weighted by atomic mass is 9.79. The van der Waals surface area contributed by atoms with E-state index in [9.17, 15) is 4.79 Å². The first-order valence-electron chi connectivity index (χ1n) is 10.2. The van der Waals surface area contributed by atoms with E-state index in [4.69, 9.17) is 4.74 Å². The van der Waals surface area contributed by atoms with Gasteiger partial charge in [0.1, 0.15) is 5.75 Å². The van der Waals surface area contributed by atoms with Gasteiger partial charge in [0.2, 0.25) is 0 Å². The third-order valence-corrected chi connectivity index (χ3v) is 5.22. The molecule has 0 radical (unpaired) electrons. The molecule has 0 spiro atoms. The lowest BCUT2D eigenvalue weighted by molar-refractivity contribution is -0.128. The van der Waals surface area contributed by atoms with Crippen LogP contribution in [0.4, 0.5) is 0 Å². The van der Waals surface area contributed by atoms with Gasteiger partial charge in [-0.3, -0.25) is 4.79 Å². The zero-order valence-electron chi connectivity index (χ0n) is 18.4. The molecule has 3 heteroatoms. The number of aryl methyl sites for hydroxylation is 1. The van der Waals surface area contributed by atoms with Crippen LogP contribution in [-0.4, -0.2) is 18.1 Å². The summed E-state index contributed by atoms with van der Waals surface area (Å²) in [4.78, 5) is 12.7. The summed E-state index contributed by atoms with van der Waals surface area (Å²) in [5, 5.41) is 3.13. The van der Waals surface area contributed by atoms with Gasteiger partial charge in [-0.1, -0.05) is 70.2 Å². The molecule has 2 rings (SSSR count). The van der Waals surface area contributed by atoms with Crippen LogP contribution in [0.1, 0.15) is 70.6 Å². The maximum absolute atomic E-state index is 12.7. The Balaban J connectivity index is 2.00. The number of benzene rings is 2. The zero-order chi connectivity index (χ0) is 20.9. The van der Waals surface area contributed by atoms with Crippen molar-refractivity contribution in [1.29, 1.82) is 0 Å². The minimum atomic E-state index is -0.540. The van der Waals surface area contributed by atoms with Crippen LogP contribution >= 0.6 is 0 Å². The molecule has 0 saturated carbocycles. The molecule has 152 valence electrons. The number of hydrogen-bond donors (Lipinski definition) is 1. The largest absolute Gasteiger partial charge is 0.481 e. The first kappa shape index (κ1) is 22.0. The maximum atomic E-state index is 12.7. The fraction of sp³-hybridized carbons (Fsp3) is 0.480. The summed E-state index contributed by atoms with van der Waals surface area (Å²) in [5.41, 5.74) is 3.52. The smallest absolute Gasteiger partial charge is 0.260 e. The topological polar surface area (TPSA) is 38.3 Å². The molecular formula is C25H35NO2. The van der Waals surface area contributed by atoms with Crippen LogP contribution < -0.4 is 10.1 Å². The second-order valence-electron chi connectivity index (χ2n) is 8.82. The average Bonchev–Trinajstić information content (AvgIpc) is 2.61. The molecule has 2 atom stereocenters. The van der Waals surface area contributed by atoms with E-state index in [1.807, 2.05) is 26.0 Å². The molecule has 2 aromatic carbocycles. The Labute approximate surface area is 170 Å². The van der Waals surface area contributed by atoms with Crippen LogP contribution in [0.15, 0.2) is 48.5 Å². The predicted molar refractivity (Wildman–Crippen MR) is 117 cm³/mol. The van der Waals surface area contributed by atoms with Gasteiger partial charge in [0.15, 0.2) is 6.10 Å². The molecule has 1 amide bonds. The Kier molecular flexibility index (Phi) is 7.29. The number of amides is 1. The fourth-order valence-corrected chi connectivity index (χ4v) is 3.65. The summed E-state index contributed by atoms with van der Waals surface area (Å²) in [5.74, 6) is 1.07. The summed E-state index contributed by atoms with van der Waals surface area (Å²) in [6.45, 7) is 14.6. The number of rotatable bonds is 8. The summed E-state index contributed by atoms with van der Waals surface area (Å²) in [6.07, 6.45) is 0.318. The van der Waals surface area contributed by atoms with E-state index in [-0.39, 0.29) is 17.4 Å². The van der Waals surface area contributed by atoms with Crippen molar-refractivity contribution in [2.24, 2.45) is 0 Å². The number of ether oxygens (including phenoxy) is 1. The van der Waals surface area contributed by atoms with E-state index in [0.29, 0.717) is 5.92 Å². The van der Waals surface area contributed by atoms with Crippen LogP contribution in [-0.2, 0) is 10.2 Å². The second-order valence-corrected chi connectivity index (χ2v) is 8.82. The molecule has 0 unspecified atom stereocenters. The first-order valence-corrected chi connectivity index (χ1v) is 10.2. The lowest BCUT2D eigenvalue weighted by Crippen LogP contribution is -2.43. The Hall–Kier alpha value is -2.29. The van der Waals surface area contributed by atoms with Crippen molar-refractivity contribution in [2.75, 3.05) is 0 Å². The zero-order valence-corrected chi connectivity index (χ0v) is 18.4. The third-order valence-electron chi connectivity index (χ3n) is 5.22. The molecule has 0 aliphatic carbocycles. The maximum Gasteiger partial charge on any atom is 0.260 e. The second kappa shape index (κ2) is 9.27. The van der Waals surface area contributed by atoms with Gasteiger partial charge in [0.25, 0.3) is 5.91 Å². The van der Waals surface area contributed by atoms with Gasteiger partial charge < -0.3 is 10.1 Å². The number of carbonyl (C=O) groups excluding carboxylic acids is 1. The molecular weight excluding hydrogens is 346 g/mol. The molecule has 0 fully saturated rings. The molecule has 3 nitrogen and oxygen atoms in total. The third kappa shape index (κ3) is 5.85. The van der Waals surface area contributed by atoms with Crippen LogP contribution in [0.2, 0.25) is 0 Å². The van der Waals surface area contributed by atoms with Gasteiger partial charge in [0, 0.05) is 6.04 Å². The highest BCUT2D eigenvalue weighted by atomic mass is 16.5. The van der Waals surface area contributed by atoms with Gasteiger partial charge in [-0.15, -0.1) is 0 Å². The monoisotopic (exact) mass is 381 g/mol. The highest BCUT2D eigenvalue weighted by Crippen LogP contribution is 2.29. The van der Waals surface area contributed by atoms with E-state index in [1.165, 1.54) is 5.56 Å². The predicted octanol–water partition coefficient (Wildman–Crippen LogP) is 5.76. The highest BCUT2D eigenvalue weighted by Gasteiger charge is 2.26. The number of nitrogens with one attached hydrogen (secondary N) is 1. The SMILES string of the molecule is Cc1ccc(C(C)C)c(O[C@H](C)C(=O)N[C@H](C)CC(C)(C)c2ccccc2)c1. The van der Waals surface area contributed by atoms with E-state index >= 15 is 0 Å². The quantitative estimate of drug-likeness (QED) is 0.631. The molecule has 0 aromatic heterocycles. The molecule has 2 aromatic rings. The van der Waals surface area contributed by atoms with Crippen LogP contribution in [0.3, 0.4) is 0 Å². The van der Waals surface area contributed by atoms with Crippen molar-refractivity contribution in [3.05, 3.63) is 65.2 Å². The molecule has 0 aliphatic heterocycles. The van der Waals surface area contributed by atoms with Crippen molar-refractivity contribution in [3.8, 4) is 5.75 Å². The van der Waals surface area contributed by atoms with Crippen LogP contribution in [0, 0.1) is 6.92 Å². The van der Waals surface area contributed by atoms with Gasteiger partial charge in [0.05, 0.1) is 0 Å². The number of carbonyl (C=O) groups is 1. The van der Waals surface area contributed by atoms with Crippen molar-refractivity contribution in [1.82, 2.24) is 5.32 Å². The number of hydrogen-bond acceptors (Lipinski definition) is 2. The highest BCUT2D eigenvalue weighted by molar-refractivity contribution is 5.81. The Morgan fingerprint density at radius 3 is 2.29 bits per heavy atom. The van der Waals surface area contributed by atoms with E-state index < -0.39 is 6.10 Å². The summed E-state index contributed by atoms with van der Waals surface area (Å²) in [6, 6.07) is 16.7. The minimum Gasteiger partial charge on any atom is -0.481 e. The minimum absolute atomic E-state index is 0.0145. The molecule has 0 saturated heterocycles. The normalized spacial score (nSPS) is 13.9. The van der Waals surface area contributed by atoms with E-state index in [0.717, 1.165) is 23.3 Å². The van der Waals surface area contributed by atoms with Gasteiger partial charge in [-0.05, 0) is 61.3 Å². The first-order chi connectivity index (χ1) is 13.1.